The summed E-state index contributed by atoms with van der Waals surface area (Å²) in [5.41, 5.74) is 1.06. The van der Waals surface area contributed by atoms with Crippen LogP contribution in [0.5, 0.6) is 5.75 Å². The number of carbonyl (C=O) groups is 1. The van der Waals surface area contributed by atoms with Gasteiger partial charge in [-0.1, -0.05) is 18.2 Å². The first-order valence-corrected chi connectivity index (χ1v) is 8.83. The van der Waals surface area contributed by atoms with E-state index in [0.717, 1.165) is 12.1 Å². The monoisotopic (exact) mass is 395 g/mol. The molecule has 0 aromatic heterocycles. The summed E-state index contributed by atoms with van der Waals surface area (Å²) in [4.78, 5) is 16.7. The van der Waals surface area contributed by atoms with Gasteiger partial charge in [-0.05, 0) is 38.1 Å². The topological polar surface area (TPSA) is 54.7 Å². The molecule has 5 nitrogen and oxygen atoms in total. The Morgan fingerprint density at radius 2 is 1.76 bits per heavy atom. The summed E-state index contributed by atoms with van der Waals surface area (Å²) in [6.07, 6.45) is 0. The second-order valence-corrected chi connectivity index (χ2v) is 6.51. The van der Waals surface area contributed by atoms with E-state index in [2.05, 4.69) is 15.5 Å². The van der Waals surface area contributed by atoms with Crippen LogP contribution in [0.3, 0.4) is 0 Å². The number of carbonyl (C=O) groups excluding carboxylic acids is 1. The normalized spacial score (nSPS) is 16.2. The summed E-state index contributed by atoms with van der Waals surface area (Å²) in [7, 11) is 1.47. The molecule has 0 radical (unpaired) electrons. The number of dihydropyridines is 1. The summed E-state index contributed by atoms with van der Waals surface area (Å²) < 4.78 is 34.5. The molecule has 1 atom stereocenters. The van der Waals surface area contributed by atoms with Gasteiger partial charge in [0, 0.05) is 22.5 Å². The van der Waals surface area contributed by atoms with E-state index in [9.17, 15) is 13.6 Å². The fraction of sp³-hybridized carbons (Fsp3) is 0.182. The number of methoxy groups -OCH3 is 1. The van der Waals surface area contributed by atoms with E-state index in [4.69, 9.17) is 11.3 Å². The number of rotatable bonds is 4. The molecule has 2 aromatic rings. The molecule has 0 fully saturated rings. The van der Waals surface area contributed by atoms with Gasteiger partial charge in [0.25, 0.3) is 5.91 Å². The second-order valence-electron chi connectivity index (χ2n) is 6.51. The van der Waals surface area contributed by atoms with Crippen molar-refractivity contribution in [2.45, 2.75) is 19.8 Å². The molecule has 0 bridgehead atoms. The van der Waals surface area contributed by atoms with Crippen LogP contribution in [-0.2, 0) is 4.79 Å². The van der Waals surface area contributed by atoms with Crippen molar-refractivity contribution in [2.75, 3.05) is 12.4 Å². The third kappa shape index (κ3) is 3.69. The molecule has 1 amide bonds. The first-order chi connectivity index (χ1) is 13.9. The average Bonchev–Trinajstić information content (AvgIpc) is 2.68. The lowest BCUT2D eigenvalue weighted by Crippen LogP contribution is -2.31. The third-order valence-corrected chi connectivity index (χ3v) is 4.73. The number of benzene rings is 2. The summed E-state index contributed by atoms with van der Waals surface area (Å²) in [6, 6.07) is 10.3. The first-order valence-electron chi connectivity index (χ1n) is 8.83. The largest absolute Gasteiger partial charge is 0.495 e. The Morgan fingerprint density at radius 1 is 1.10 bits per heavy atom. The van der Waals surface area contributed by atoms with E-state index in [1.165, 1.54) is 13.2 Å². The van der Waals surface area contributed by atoms with Gasteiger partial charge in [0.05, 0.1) is 25.3 Å². The van der Waals surface area contributed by atoms with Gasteiger partial charge in [0.15, 0.2) is 5.70 Å². The Balaban J connectivity index is 2.13. The molecule has 7 heteroatoms. The van der Waals surface area contributed by atoms with Gasteiger partial charge in [-0.25, -0.2) is 13.6 Å². The number of amides is 1. The molecule has 1 unspecified atom stereocenters. The van der Waals surface area contributed by atoms with Crippen LogP contribution in [0.15, 0.2) is 65.1 Å². The molecular weight excluding hydrogens is 376 g/mol. The highest BCUT2D eigenvalue weighted by molar-refractivity contribution is 6.06. The third-order valence-electron chi connectivity index (χ3n) is 4.73. The number of anilines is 1. The van der Waals surface area contributed by atoms with Crippen LogP contribution in [-0.4, -0.2) is 13.0 Å². The fourth-order valence-electron chi connectivity index (χ4n) is 3.44. The van der Waals surface area contributed by atoms with Crippen molar-refractivity contribution in [3.63, 3.8) is 0 Å². The Bertz CT molecular complexity index is 1060. The van der Waals surface area contributed by atoms with Gasteiger partial charge in [-0.3, -0.25) is 4.79 Å². The summed E-state index contributed by atoms with van der Waals surface area (Å²) in [6.45, 7) is 10.8. The molecule has 1 heterocycles. The van der Waals surface area contributed by atoms with Crippen molar-refractivity contribution in [1.82, 2.24) is 5.32 Å². The minimum atomic E-state index is -1.18. The van der Waals surface area contributed by atoms with Crippen LogP contribution >= 0.6 is 0 Å². The molecule has 2 N–H and O–H groups in total. The van der Waals surface area contributed by atoms with E-state index in [-0.39, 0.29) is 16.8 Å². The first kappa shape index (κ1) is 20.1. The van der Waals surface area contributed by atoms with Crippen LogP contribution in [0, 0.1) is 18.2 Å². The summed E-state index contributed by atoms with van der Waals surface area (Å²) in [5, 5.41) is 5.70. The van der Waals surface area contributed by atoms with Gasteiger partial charge in [0.1, 0.15) is 17.4 Å². The lowest BCUT2D eigenvalue weighted by Gasteiger charge is -2.29. The van der Waals surface area contributed by atoms with Crippen molar-refractivity contribution >= 4 is 11.6 Å². The Morgan fingerprint density at radius 3 is 2.38 bits per heavy atom. The van der Waals surface area contributed by atoms with Crippen molar-refractivity contribution in [1.29, 1.82) is 0 Å². The van der Waals surface area contributed by atoms with Crippen molar-refractivity contribution in [3.05, 3.63) is 93.7 Å². The van der Waals surface area contributed by atoms with Crippen LogP contribution in [0.25, 0.3) is 4.85 Å². The molecule has 148 valence electrons. The quantitative estimate of drug-likeness (QED) is 0.737. The van der Waals surface area contributed by atoms with Crippen LogP contribution in [0.1, 0.15) is 25.3 Å². The van der Waals surface area contributed by atoms with Gasteiger partial charge in [-0.2, -0.15) is 0 Å². The number of para-hydroxylation sites is 2. The number of hydrogen-bond acceptors (Lipinski definition) is 3. The van der Waals surface area contributed by atoms with Crippen molar-refractivity contribution in [3.8, 4) is 5.75 Å². The number of ether oxygens (including phenoxy) is 1. The number of hydrogen-bond donors (Lipinski definition) is 2. The maximum atomic E-state index is 14.6. The zero-order valence-corrected chi connectivity index (χ0v) is 16.1. The van der Waals surface area contributed by atoms with E-state index >= 15 is 0 Å². The smallest absolute Gasteiger partial charge is 0.253 e. The standard InChI is InChI=1S/C22H19F2N3O2/c1-12-18(22(28)27-16-10-5-6-11-17(16)29-4)20(21(25-3)13(2)26-12)19-14(23)8-7-9-15(19)24/h5-11,20,26H,1-2,4H3,(H,27,28). The highest BCUT2D eigenvalue weighted by Gasteiger charge is 2.37. The Labute approximate surface area is 167 Å². The van der Waals surface area contributed by atoms with E-state index in [0.29, 0.717) is 22.8 Å². The molecule has 0 aliphatic carbocycles. The molecular formula is C22H19F2N3O2. The summed E-state index contributed by atoms with van der Waals surface area (Å²) in [5.74, 6) is -2.96. The predicted octanol–water partition coefficient (Wildman–Crippen LogP) is 4.72. The van der Waals surface area contributed by atoms with Crippen LogP contribution in [0.4, 0.5) is 14.5 Å². The highest BCUT2D eigenvalue weighted by Crippen LogP contribution is 2.41. The van der Waals surface area contributed by atoms with Gasteiger partial charge in [0.2, 0.25) is 0 Å². The second kappa shape index (κ2) is 8.15. The van der Waals surface area contributed by atoms with Crippen molar-refractivity contribution < 1.29 is 18.3 Å². The maximum absolute atomic E-state index is 14.6. The highest BCUT2D eigenvalue weighted by atomic mass is 19.1. The molecule has 2 aromatic carbocycles. The van der Waals surface area contributed by atoms with Crippen LogP contribution < -0.4 is 15.4 Å². The number of nitrogens with one attached hydrogen (secondary N) is 2. The van der Waals surface area contributed by atoms with E-state index in [1.54, 1.807) is 38.1 Å². The molecule has 1 aliphatic heterocycles. The number of nitrogens with zero attached hydrogens (tertiary/aromatic N) is 1. The molecule has 3 rings (SSSR count). The molecule has 0 saturated heterocycles. The lowest BCUT2D eigenvalue weighted by atomic mass is 9.83. The van der Waals surface area contributed by atoms with Crippen LogP contribution in [0.2, 0.25) is 0 Å². The lowest BCUT2D eigenvalue weighted by molar-refractivity contribution is -0.113. The van der Waals surface area contributed by atoms with Gasteiger partial charge < -0.3 is 15.4 Å². The van der Waals surface area contributed by atoms with Crippen molar-refractivity contribution in [2.24, 2.45) is 0 Å². The zero-order valence-electron chi connectivity index (χ0n) is 16.1. The maximum Gasteiger partial charge on any atom is 0.253 e. The fourth-order valence-corrected chi connectivity index (χ4v) is 3.44. The molecule has 0 spiro atoms. The zero-order chi connectivity index (χ0) is 21.1. The van der Waals surface area contributed by atoms with Gasteiger partial charge >= 0.3 is 0 Å². The molecule has 29 heavy (non-hydrogen) atoms. The number of halogens is 2. The summed E-state index contributed by atoms with van der Waals surface area (Å²) >= 11 is 0. The Kier molecular flexibility index (Phi) is 5.64. The minimum absolute atomic E-state index is 0.0600. The molecule has 1 aliphatic rings. The predicted molar refractivity (Wildman–Crippen MR) is 106 cm³/mol. The minimum Gasteiger partial charge on any atom is -0.495 e. The SMILES string of the molecule is [C-]#[N+]C1=C(C)NC(C)=C(C(=O)Nc2ccccc2OC)C1c1c(F)cccc1F. The van der Waals surface area contributed by atoms with E-state index in [1.807, 2.05) is 0 Å². The average molecular weight is 395 g/mol. The molecule has 0 saturated carbocycles. The Hall–Kier alpha value is -3.66. The van der Waals surface area contributed by atoms with E-state index < -0.39 is 23.5 Å². The number of allylic oxidation sites excluding steroid dienone is 3. The van der Waals surface area contributed by atoms with Gasteiger partial charge in [-0.15, -0.1) is 0 Å².